The Hall–Kier alpha value is -2.07. The second kappa shape index (κ2) is 5.04. The zero-order chi connectivity index (χ0) is 14.2. The van der Waals surface area contributed by atoms with Crippen LogP contribution in [0.4, 0.5) is 0 Å². The standard InChI is InChI=1S/C17H20N4/c1-12-9-19-20-17(12)15-5-7-21(11-15)10-13-2-3-14-4-6-18-16(14)8-13/h2-4,6,8-9,15,18H,5,7,10-11H2,1H3,(H,19,20)/t15-/m0/s1. The zero-order valence-corrected chi connectivity index (χ0v) is 12.3. The molecule has 0 saturated carbocycles. The number of aromatic nitrogens is 3. The highest BCUT2D eigenvalue weighted by Crippen LogP contribution is 2.28. The van der Waals surface area contributed by atoms with E-state index in [0.717, 1.165) is 19.6 Å². The van der Waals surface area contributed by atoms with Crippen molar-refractivity contribution < 1.29 is 0 Å². The number of nitrogens with one attached hydrogen (secondary N) is 2. The van der Waals surface area contributed by atoms with Crippen molar-refractivity contribution in [2.75, 3.05) is 13.1 Å². The first-order chi connectivity index (χ1) is 10.3. The molecular weight excluding hydrogens is 260 g/mol. The number of benzene rings is 1. The number of likely N-dealkylation sites (tertiary alicyclic amines) is 1. The fraction of sp³-hybridized carbons (Fsp3) is 0.353. The summed E-state index contributed by atoms with van der Waals surface area (Å²) in [6.45, 7) is 5.44. The molecule has 0 aliphatic carbocycles. The number of H-pyrrole nitrogens is 2. The van der Waals surface area contributed by atoms with Gasteiger partial charge in [0.05, 0.1) is 6.20 Å². The molecule has 1 aliphatic rings. The Morgan fingerprint density at radius 1 is 1.33 bits per heavy atom. The molecule has 3 heterocycles. The van der Waals surface area contributed by atoms with Gasteiger partial charge < -0.3 is 4.98 Å². The number of hydrogen-bond donors (Lipinski definition) is 2. The Bertz CT molecular complexity index is 755. The molecule has 1 aliphatic heterocycles. The van der Waals surface area contributed by atoms with Crippen molar-refractivity contribution in [2.45, 2.75) is 25.8 Å². The van der Waals surface area contributed by atoms with Gasteiger partial charge in [-0.15, -0.1) is 0 Å². The van der Waals surface area contributed by atoms with Crippen molar-refractivity contribution in [1.29, 1.82) is 0 Å². The normalized spacial score (nSPS) is 19.6. The van der Waals surface area contributed by atoms with Crippen LogP contribution in [0.15, 0.2) is 36.7 Å². The summed E-state index contributed by atoms with van der Waals surface area (Å²) in [4.78, 5) is 5.83. The van der Waals surface area contributed by atoms with E-state index in [2.05, 4.69) is 51.3 Å². The van der Waals surface area contributed by atoms with E-state index in [4.69, 9.17) is 0 Å². The molecule has 0 unspecified atom stereocenters. The number of aromatic amines is 2. The molecule has 2 N–H and O–H groups in total. The lowest BCUT2D eigenvalue weighted by Crippen LogP contribution is -2.19. The van der Waals surface area contributed by atoms with Crippen LogP contribution in [0.5, 0.6) is 0 Å². The summed E-state index contributed by atoms with van der Waals surface area (Å²) in [6, 6.07) is 8.83. The van der Waals surface area contributed by atoms with E-state index in [1.165, 1.54) is 34.1 Å². The number of nitrogens with zero attached hydrogens (tertiary/aromatic N) is 2. The zero-order valence-electron chi connectivity index (χ0n) is 12.3. The van der Waals surface area contributed by atoms with Crippen LogP contribution in [0.1, 0.15) is 29.2 Å². The van der Waals surface area contributed by atoms with Crippen molar-refractivity contribution in [3.63, 3.8) is 0 Å². The van der Waals surface area contributed by atoms with E-state index in [0.29, 0.717) is 5.92 Å². The average molecular weight is 280 g/mol. The molecule has 0 spiro atoms. The Labute approximate surface area is 124 Å². The van der Waals surface area contributed by atoms with Crippen LogP contribution < -0.4 is 0 Å². The molecule has 0 bridgehead atoms. The van der Waals surface area contributed by atoms with E-state index >= 15 is 0 Å². The van der Waals surface area contributed by atoms with Gasteiger partial charge in [-0.1, -0.05) is 12.1 Å². The van der Waals surface area contributed by atoms with Crippen molar-refractivity contribution in [3.05, 3.63) is 53.5 Å². The Kier molecular flexibility index (Phi) is 3.04. The maximum Gasteiger partial charge on any atom is 0.0519 e. The average Bonchev–Trinajstić information content (AvgIpc) is 3.18. The van der Waals surface area contributed by atoms with E-state index in [9.17, 15) is 0 Å². The molecule has 0 radical (unpaired) electrons. The third-order valence-electron chi connectivity index (χ3n) is 4.57. The van der Waals surface area contributed by atoms with Crippen LogP contribution in [-0.2, 0) is 6.54 Å². The summed E-state index contributed by atoms with van der Waals surface area (Å²) in [5.74, 6) is 0.599. The van der Waals surface area contributed by atoms with Crippen LogP contribution >= 0.6 is 0 Å². The smallest absolute Gasteiger partial charge is 0.0519 e. The van der Waals surface area contributed by atoms with Crippen molar-refractivity contribution in [3.8, 4) is 0 Å². The third kappa shape index (κ3) is 2.36. The predicted octanol–water partition coefficient (Wildman–Crippen LogP) is 3.19. The van der Waals surface area contributed by atoms with Crippen LogP contribution in [-0.4, -0.2) is 33.2 Å². The Morgan fingerprint density at radius 3 is 3.14 bits per heavy atom. The summed E-state index contributed by atoms with van der Waals surface area (Å²) in [5.41, 5.74) is 5.21. The summed E-state index contributed by atoms with van der Waals surface area (Å²) in [7, 11) is 0. The Balaban J connectivity index is 1.47. The molecule has 0 amide bonds. The molecule has 4 heteroatoms. The number of rotatable bonds is 3. The van der Waals surface area contributed by atoms with E-state index in [-0.39, 0.29) is 0 Å². The van der Waals surface area contributed by atoms with Crippen LogP contribution in [0.3, 0.4) is 0 Å². The summed E-state index contributed by atoms with van der Waals surface area (Å²) < 4.78 is 0. The first-order valence-corrected chi connectivity index (χ1v) is 7.58. The molecule has 4 nitrogen and oxygen atoms in total. The first kappa shape index (κ1) is 12.7. The largest absolute Gasteiger partial charge is 0.361 e. The summed E-state index contributed by atoms with van der Waals surface area (Å²) in [5, 5.41) is 8.61. The topological polar surface area (TPSA) is 47.7 Å². The number of fused-ring (bicyclic) bond motifs is 1. The van der Waals surface area contributed by atoms with E-state index in [1.54, 1.807) is 0 Å². The van der Waals surface area contributed by atoms with Crippen molar-refractivity contribution >= 4 is 10.9 Å². The SMILES string of the molecule is Cc1cn[nH]c1[C@H]1CCN(Cc2ccc3cc[nH]c3c2)C1. The van der Waals surface area contributed by atoms with Crippen molar-refractivity contribution in [1.82, 2.24) is 20.1 Å². The van der Waals surface area contributed by atoms with Gasteiger partial charge in [-0.05, 0) is 48.5 Å². The van der Waals surface area contributed by atoms with Gasteiger partial charge in [0, 0.05) is 36.4 Å². The lowest BCUT2D eigenvalue weighted by atomic mass is 10.0. The quantitative estimate of drug-likeness (QED) is 0.774. The van der Waals surface area contributed by atoms with Gasteiger partial charge in [-0.3, -0.25) is 10.00 Å². The monoisotopic (exact) mass is 280 g/mol. The van der Waals surface area contributed by atoms with Gasteiger partial charge in [0.15, 0.2) is 0 Å². The van der Waals surface area contributed by atoms with Crippen LogP contribution in [0.25, 0.3) is 10.9 Å². The Morgan fingerprint density at radius 2 is 2.29 bits per heavy atom. The van der Waals surface area contributed by atoms with Crippen LogP contribution in [0, 0.1) is 6.92 Å². The second-order valence-electron chi connectivity index (χ2n) is 6.09. The number of hydrogen-bond acceptors (Lipinski definition) is 2. The molecule has 1 aromatic carbocycles. The molecule has 2 aromatic heterocycles. The van der Waals surface area contributed by atoms with E-state index < -0.39 is 0 Å². The van der Waals surface area contributed by atoms with Gasteiger partial charge in [0.2, 0.25) is 0 Å². The molecule has 1 fully saturated rings. The molecular formula is C17H20N4. The minimum atomic E-state index is 0.599. The van der Waals surface area contributed by atoms with Gasteiger partial charge in [-0.2, -0.15) is 5.10 Å². The minimum Gasteiger partial charge on any atom is -0.361 e. The van der Waals surface area contributed by atoms with Crippen LogP contribution in [0.2, 0.25) is 0 Å². The lowest BCUT2D eigenvalue weighted by molar-refractivity contribution is 0.326. The molecule has 108 valence electrons. The number of aryl methyl sites for hydroxylation is 1. The summed E-state index contributed by atoms with van der Waals surface area (Å²) in [6.07, 6.45) is 5.15. The molecule has 1 saturated heterocycles. The van der Waals surface area contributed by atoms with Gasteiger partial charge in [0.1, 0.15) is 0 Å². The van der Waals surface area contributed by atoms with Gasteiger partial charge in [-0.25, -0.2) is 0 Å². The highest BCUT2D eigenvalue weighted by atomic mass is 15.2. The third-order valence-corrected chi connectivity index (χ3v) is 4.57. The summed E-state index contributed by atoms with van der Waals surface area (Å²) >= 11 is 0. The van der Waals surface area contributed by atoms with E-state index in [1.807, 2.05) is 12.4 Å². The molecule has 3 aromatic rings. The molecule has 4 rings (SSSR count). The molecule has 1 atom stereocenters. The van der Waals surface area contributed by atoms with Gasteiger partial charge in [0.25, 0.3) is 0 Å². The maximum absolute atomic E-state index is 4.16. The fourth-order valence-electron chi connectivity index (χ4n) is 3.43. The fourth-order valence-corrected chi connectivity index (χ4v) is 3.43. The maximum atomic E-state index is 4.16. The first-order valence-electron chi connectivity index (χ1n) is 7.58. The predicted molar refractivity (Wildman–Crippen MR) is 84.3 cm³/mol. The second-order valence-corrected chi connectivity index (χ2v) is 6.09. The molecule has 21 heavy (non-hydrogen) atoms. The highest BCUT2D eigenvalue weighted by Gasteiger charge is 2.26. The minimum absolute atomic E-state index is 0.599. The highest BCUT2D eigenvalue weighted by molar-refractivity contribution is 5.79. The van der Waals surface area contributed by atoms with Crippen molar-refractivity contribution in [2.24, 2.45) is 0 Å². The lowest BCUT2D eigenvalue weighted by Gasteiger charge is -2.16. The van der Waals surface area contributed by atoms with Gasteiger partial charge >= 0.3 is 0 Å².